The molecule has 1 aliphatic rings. The summed E-state index contributed by atoms with van der Waals surface area (Å²) in [6, 6.07) is 10.2. The highest BCUT2D eigenvalue weighted by molar-refractivity contribution is 6.53. The second-order valence-corrected chi connectivity index (χ2v) is 10.4. The molecule has 0 bridgehead atoms. The van der Waals surface area contributed by atoms with Crippen LogP contribution in [0, 0.1) is 17.6 Å². The highest BCUT2D eigenvalue weighted by Crippen LogP contribution is 2.65. The Bertz CT molecular complexity index is 1410. The lowest BCUT2D eigenvalue weighted by Crippen LogP contribution is -2.17. The van der Waals surface area contributed by atoms with Gasteiger partial charge in [-0.2, -0.15) is 13.2 Å². The quantitative estimate of drug-likeness (QED) is 0.141. The van der Waals surface area contributed by atoms with Crippen molar-refractivity contribution in [3.8, 4) is 0 Å². The summed E-state index contributed by atoms with van der Waals surface area (Å²) in [5.41, 5.74) is 4.37. The molecule has 4 rings (SSSR count). The summed E-state index contributed by atoms with van der Waals surface area (Å²) < 4.78 is 65.4. The van der Waals surface area contributed by atoms with E-state index in [-0.39, 0.29) is 39.5 Å². The van der Waals surface area contributed by atoms with Gasteiger partial charge in [0.15, 0.2) is 5.78 Å². The summed E-state index contributed by atoms with van der Waals surface area (Å²) in [6.45, 7) is 0. The van der Waals surface area contributed by atoms with Crippen molar-refractivity contribution in [2.24, 2.45) is 5.92 Å². The van der Waals surface area contributed by atoms with Gasteiger partial charge in [0, 0.05) is 29.3 Å². The molecule has 1 amide bonds. The minimum atomic E-state index is -4.95. The van der Waals surface area contributed by atoms with Crippen LogP contribution in [-0.4, -0.2) is 16.0 Å². The van der Waals surface area contributed by atoms with Crippen LogP contribution in [0.1, 0.15) is 33.0 Å². The zero-order chi connectivity index (χ0) is 27.3. The van der Waals surface area contributed by atoms with Crippen LogP contribution < -0.4 is 11.1 Å². The van der Waals surface area contributed by atoms with Gasteiger partial charge in [0.2, 0.25) is 5.91 Å². The highest BCUT2D eigenvalue weighted by Gasteiger charge is 2.67. The lowest BCUT2D eigenvalue weighted by atomic mass is 10.0. The minimum absolute atomic E-state index is 0.000553. The molecule has 0 aromatic heterocycles. The van der Waals surface area contributed by atoms with Crippen LogP contribution in [0.5, 0.6) is 0 Å². The molecule has 1 saturated carbocycles. The Morgan fingerprint density at radius 3 is 2.32 bits per heavy atom. The van der Waals surface area contributed by atoms with Crippen LogP contribution in [0.3, 0.4) is 0 Å². The van der Waals surface area contributed by atoms with Crippen LogP contribution in [0.2, 0.25) is 5.02 Å². The maximum absolute atomic E-state index is 14.1. The number of rotatable bonds is 6. The molecule has 3 aromatic carbocycles. The van der Waals surface area contributed by atoms with Gasteiger partial charge in [0.25, 0.3) is 0 Å². The molecule has 0 aliphatic heterocycles. The maximum atomic E-state index is 14.1. The third kappa shape index (κ3) is 5.54. The number of Topliss-reactive ketones (excluding diaryl/α,β-unsaturated/α-hetero) is 1. The molecule has 0 spiro atoms. The normalized spacial score (nSPS) is 18.4. The number of halogens is 8. The highest BCUT2D eigenvalue weighted by atomic mass is 35.5. The van der Waals surface area contributed by atoms with Gasteiger partial charge in [-0.15, -0.1) is 23.2 Å². The molecule has 3 N–H and O–H groups in total. The summed E-state index contributed by atoms with van der Waals surface area (Å²) in [5, 5.41) is 2.57. The predicted molar refractivity (Wildman–Crippen MR) is 131 cm³/mol. The summed E-state index contributed by atoms with van der Waals surface area (Å²) in [7, 11) is 0. The first-order chi connectivity index (χ1) is 17.2. The van der Waals surface area contributed by atoms with Gasteiger partial charge in [0.05, 0.1) is 16.5 Å². The maximum Gasteiger partial charge on any atom is 0.419 e. The molecule has 0 saturated heterocycles. The van der Waals surface area contributed by atoms with E-state index in [0.29, 0.717) is 12.1 Å². The Kier molecular flexibility index (Phi) is 7.18. The average Bonchev–Trinajstić information content (AvgIpc) is 3.38. The zero-order valence-corrected chi connectivity index (χ0v) is 20.7. The van der Waals surface area contributed by atoms with E-state index in [1.807, 2.05) is 0 Å². The number of anilines is 2. The van der Waals surface area contributed by atoms with Gasteiger partial charge in [-0.3, -0.25) is 9.59 Å². The van der Waals surface area contributed by atoms with Gasteiger partial charge in [-0.05, 0) is 53.6 Å². The van der Waals surface area contributed by atoms with Crippen LogP contribution in [0.25, 0.3) is 0 Å². The first-order valence-electron chi connectivity index (χ1n) is 10.6. The number of carbonyl (C=O) groups excluding carboxylic acids is 2. The van der Waals surface area contributed by atoms with Crippen molar-refractivity contribution in [3.63, 3.8) is 0 Å². The van der Waals surface area contributed by atoms with E-state index in [2.05, 4.69) is 5.32 Å². The van der Waals surface area contributed by atoms with Crippen molar-refractivity contribution >= 4 is 57.9 Å². The van der Waals surface area contributed by atoms with Crippen molar-refractivity contribution in [1.82, 2.24) is 0 Å². The van der Waals surface area contributed by atoms with E-state index >= 15 is 0 Å². The van der Waals surface area contributed by atoms with Gasteiger partial charge >= 0.3 is 6.18 Å². The molecule has 2 atom stereocenters. The van der Waals surface area contributed by atoms with E-state index in [1.54, 1.807) is 0 Å². The lowest BCUT2D eigenvalue weighted by Gasteiger charge is -2.11. The first-order valence-corrected chi connectivity index (χ1v) is 11.8. The van der Waals surface area contributed by atoms with E-state index < -0.39 is 51.2 Å². The van der Waals surface area contributed by atoms with Gasteiger partial charge < -0.3 is 11.1 Å². The summed E-state index contributed by atoms with van der Waals surface area (Å²) in [6.07, 6.45) is -5.28. The zero-order valence-electron chi connectivity index (χ0n) is 18.5. The van der Waals surface area contributed by atoms with Crippen LogP contribution in [0.15, 0.2) is 54.6 Å². The molecule has 194 valence electrons. The topological polar surface area (TPSA) is 72.2 Å². The van der Waals surface area contributed by atoms with Crippen molar-refractivity contribution < 1.29 is 31.5 Å². The second-order valence-electron chi connectivity index (χ2n) is 8.50. The monoisotopic (exact) mass is 576 g/mol. The fraction of sp³-hybridized carbons (Fsp3) is 0.200. The predicted octanol–water partition coefficient (Wildman–Crippen LogP) is 7.17. The van der Waals surface area contributed by atoms with E-state index in [1.165, 1.54) is 30.3 Å². The van der Waals surface area contributed by atoms with E-state index in [0.717, 1.165) is 12.1 Å². The fourth-order valence-corrected chi connectivity index (χ4v) is 5.08. The Morgan fingerprint density at radius 2 is 1.68 bits per heavy atom. The molecule has 37 heavy (non-hydrogen) atoms. The number of amides is 1. The number of benzene rings is 3. The minimum Gasteiger partial charge on any atom is -0.399 e. The smallest absolute Gasteiger partial charge is 0.399 e. The number of alkyl halides is 5. The second kappa shape index (κ2) is 9.78. The number of carbonyl (C=O) groups is 2. The van der Waals surface area contributed by atoms with Crippen LogP contribution in [0.4, 0.5) is 33.3 Å². The summed E-state index contributed by atoms with van der Waals surface area (Å²) >= 11 is 18.6. The average molecular weight is 578 g/mol. The Hall–Kier alpha value is -2.88. The molecule has 1 fully saturated rings. The fourth-order valence-electron chi connectivity index (χ4n) is 4.03. The molecule has 1 aliphatic carbocycles. The van der Waals surface area contributed by atoms with Crippen molar-refractivity contribution in [3.05, 3.63) is 93.5 Å². The first kappa shape index (κ1) is 27.2. The Morgan fingerprint density at radius 1 is 0.973 bits per heavy atom. The number of hydrogen-bond acceptors (Lipinski definition) is 3. The molecule has 0 heterocycles. The molecule has 4 nitrogen and oxygen atoms in total. The molecular formula is C25H16Cl3F5N2O2. The standard InChI is InChI=1S/C25H16Cl3F5N2O2/c26-17-5-4-14(10-15(17)20(36)8-11-1-3-13(34)9-19(11)30)35-23(37)22-21(24(22,27)28)12-2-6-18(29)16(7-12)25(31,32)33/h1-7,9-10,21-22H,8,34H2,(H,35,37)/t21-,22+/m0/s1. The lowest BCUT2D eigenvalue weighted by molar-refractivity contribution is -0.140. The summed E-state index contributed by atoms with van der Waals surface area (Å²) in [4.78, 5) is 25.7. The van der Waals surface area contributed by atoms with Crippen LogP contribution >= 0.6 is 34.8 Å². The van der Waals surface area contributed by atoms with Crippen molar-refractivity contribution in [2.75, 3.05) is 11.1 Å². The SMILES string of the molecule is Nc1ccc(CC(=O)c2cc(NC(=O)[C@H]3[C@H](c4ccc(F)c(C(F)(F)F)c4)C3(Cl)Cl)ccc2Cl)c(F)c1. The third-order valence-corrected chi connectivity index (χ3v) is 7.22. The molecule has 3 aromatic rings. The molecule has 0 radical (unpaired) electrons. The van der Waals surface area contributed by atoms with Crippen molar-refractivity contribution in [1.29, 1.82) is 0 Å². The van der Waals surface area contributed by atoms with E-state index in [4.69, 9.17) is 40.5 Å². The van der Waals surface area contributed by atoms with E-state index in [9.17, 15) is 31.5 Å². The number of nitrogens with one attached hydrogen (secondary N) is 1. The molecular weight excluding hydrogens is 562 g/mol. The van der Waals surface area contributed by atoms with Gasteiger partial charge in [0.1, 0.15) is 16.0 Å². The third-order valence-electron chi connectivity index (χ3n) is 5.95. The number of ketones is 1. The summed E-state index contributed by atoms with van der Waals surface area (Å²) in [5.74, 6) is -5.61. The molecule has 12 heteroatoms. The number of hydrogen-bond donors (Lipinski definition) is 2. The number of nitrogens with two attached hydrogens (primary N) is 1. The van der Waals surface area contributed by atoms with Crippen molar-refractivity contribution in [2.45, 2.75) is 22.8 Å². The Labute approximate surface area is 222 Å². The Balaban J connectivity index is 1.53. The van der Waals surface area contributed by atoms with Crippen LogP contribution in [-0.2, 0) is 17.4 Å². The largest absolute Gasteiger partial charge is 0.419 e. The molecule has 0 unspecified atom stereocenters. The van der Waals surface area contributed by atoms with Gasteiger partial charge in [-0.1, -0.05) is 23.7 Å². The van der Waals surface area contributed by atoms with Gasteiger partial charge in [-0.25, -0.2) is 8.78 Å². The number of nitrogen functional groups attached to an aromatic ring is 1.